The molecule has 1 radical (unpaired) electrons. The van der Waals surface area contributed by atoms with E-state index < -0.39 is 24.4 Å². The second-order valence-corrected chi connectivity index (χ2v) is 1.54. The number of carboxylic acids is 2. The van der Waals surface area contributed by atoms with Crippen molar-refractivity contribution in [2.24, 2.45) is 5.73 Å². The first-order valence-electron chi connectivity index (χ1n) is 2.24. The van der Waals surface area contributed by atoms with Crippen LogP contribution in [0.15, 0.2) is 0 Å². The molecule has 0 saturated carbocycles. The Hall–Kier alpha value is -0.360. The summed E-state index contributed by atoms with van der Waals surface area (Å²) in [7, 11) is 0. The molecule has 0 aliphatic heterocycles. The molecule has 0 aromatic carbocycles. The van der Waals surface area contributed by atoms with Gasteiger partial charge in [-0.25, -0.2) is 0 Å². The van der Waals surface area contributed by atoms with Crippen LogP contribution in [0.1, 0.15) is 6.42 Å². The van der Waals surface area contributed by atoms with Crippen molar-refractivity contribution >= 4 is 11.9 Å². The van der Waals surface area contributed by atoms with E-state index in [1.54, 1.807) is 0 Å². The summed E-state index contributed by atoms with van der Waals surface area (Å²) in [6.45, 7) is 0. The summed E-state index contributed by atoms with van der Waals surface area (Å²) in [6, 6.07) is -1.29. The molecule has 0 aliphatic rings. The van der Waals surface area contributed by atoms with E-state index in [1.165, 1.54) is 0 Å². The molecule has 63 valence electrons. The third kappa shape index (κ3) is 5.77. The van der Waals surface area contributed by atoms with Gasteiger partial charge in [0, 0.05) is 22.4 Å². The minimum atomic E-state index is -1.29. The summed E-state index contributed by atoms with van der Waals surface area (Å²) in [5, 5.41) is 16.0. The quantitative estimate of drug-likeness (QED) is 0.543. The molecule has 0 spiro atoms. The van der Waals surface area contributed by atoms with E-state index in [0.29, 0.717) is 0 Å². The molecule has 0 unspecified atom stereocenters. The number of hydrogen-bond acceptors (Lipinski definition) is 3. The Balaban J connectivity index is 0. The Bertz CT molecular complexity index is 137. The first-order chi connectivity index (χ1) is 4.04. The molecule has 0 aliphatic carbocycles. The first-order valence-corrected chi connectivity index (χ1v) is 2.24. The molecule has 0 aromatic rings. The average molecular weight is 241 g/mol. The summed E-state index contributed by atoms with van der Waals surface area (Å²) in [6.07, 6.45) is -0.532. The SMILES string of the molecule is N[C@@H](CC(=O)O)C(=O)O.[Ag]. The molecule has 0 fully saturated rings. The first kappa shape index (κ1) is 12.3. The monoisotopic (exact) mass is 240 g/mol. The van der Waals surface area contributed by atoms with Gasteiger partial charge in [-0.2, -0.15) is 0 Å². The number of rotatable bonds is 3. The maximum absolute atomic E-state index is 9.85. The van der Waals surface area contributed by atoms with Crippen LogP contribution in [0.2, 0.25) is 0 Å². The van der Waals surface area contributed by atoms with Crippen molar-refractivity contribution < 1.29 is 42.2 Å². The Morgan fingerprint density at radius 2 is 1.80 bits per heavy atom. The second kappa shape index (κ2) is 5.43. The van der Waals surface area contributed by atoms with Crippen LogP contribution in [0.4, 0.5) is 0 Å². The summed E-state index contributed by atoms with van der Waals surface area (Å²) >= 11 is 0. The molecule has 0 rings (SSSR count). The molecule has 6 heteroatoms. The predicted molar refractivity (Wildman–Crippen MR) is 27.9 cm³/mol. The normalized spacial score (nSPS) is 11.3. The molecule has 0 aromatic heterocycles. The molecule has 5 nitrogen and oxygen atoms in total. The third-order valence-electron chi connectivity index (χ3n) is 0.712. The van der Waals surface area contributed by atoms with Crippen molar-refractivity contribution in [2.75, 3.05) is 0 Å². The fourth-order valence-corrected chi connectivity index (χ4v) is 0.275. The molecular weight excluding hydrogens is 234 g/mol. The van der Waals surface area contributed by atoms with Crippen molar-refractivity contribution in [1.29, 1.82) is 0 Å². The van der Waals surface area contributed by atoms with Crippen molar-refractivity contribution in [1.82, 2.24) is 0 Å². The Morgan fingerprint density at radius 1 is 1.40 bits per heavy atom. The topological polar surface area (TPSA) is 101 Å². The van der Waals surface area contributed by atoms with Crippen molar-refractivity contribution in [3.63, 3.8) is 0 Å². The summed E-state index contributed by atoms with van der Waals surface area (Å²) in [5.74, 6) is -2.50. The van der Waals surface area contributed by atoms with Crippen LogP contribution in [0, 0.1) is 0 Å². The fraction of sp³-hybridized carbons (Fsp3) is 0.500. The standard InChI is InChI=1S/C4H7NO4.Ag/c5-2(4(8)9)1-3(6)7;/h2H,1,5H2,(H,6,7)(H,8,9);/t2-;/m0./s1. The van der Waals surface area contributed by atoms with Gasteiger partial charge in [-0.1, -0.05) is 0 Å². The number of carboxylic acid groups (broad SMARTS) is 2. The van der Waals surface area contributed by atoms with Gasteiger partial charge < -0.3 is 15.9 Å². The maximum atomic E-state index is 9.85. The zero-order valence-electron chi connectivity index (χ0n) is 4.87. The van der Waals surface area contributed by atoms with E-state index in [9.17, 15) is 9.59 Å². The van der Waals surface area contributed by atoms with Crippen LogP contribution in [-0.2, 0) is 32.0 Å². The van der Waals surface area contributed by atoms with Crippen LogP contribution < -0.4 is 5.73 Å². The molecule has 0 amide bonds. The Labute approximate surface area is 72.7 Å². The van der Waals surface area contributed by atoms with E-state index in [-0.39, 0.29) is 22.4 Å². The molecule has 10 heavy (non-hydrogen) atoms. The Kier molecular flexibility index (Phi) is 6.69. The summed E-state index contributed by atoms with van der Waals surface area (Å²) in [5.41, 5.74) is 4.84. The minimum absolute atomic E-state index is 0. The van der Waals surface area contributed by atoms with E-state index in [1.807, 2.05) is 0 Å². The largest absolute Gasteiger partial charge is 0.481 e. The summed E-state index contributed by atoms with van der Waals surface area (Å²) < 4.78 is 0. The van der Waals surface area contributed by atoms with Crippen LogP contribution in [-0.4, -0.2) is 28.2 Å². The van der Waals surface area contributed by atoms with Crippen molar-refractivity contribution in [2.45, 2.75) is 12.5 Å². The van der Waals surface area contributed by atoms with Crippen LogP contribution in [0.3, 0.4) is 0 Å². The third-order valence-corrected chi connectivity index (χ3v) is 0.712. The van der Waals surface area contributed by atoms with Crippen LogP contribution in [0.25, 0.3) is 0 Å². The smallest absolute Gasteiger partial charge is 0.321 e. The molecule has 0 bridgehead atoms. The van der Waals surface area contributed by atoms with E-state index in [2.05, 4.69) is 0 Å². The van der Waals surface area contributed by atoms with Crippen molar-refractivity contribution in [3.05, 3.63) is 0 Å². The molecular formula is C4H7AgNO4. The number of nitrogens with two attached hydrogens (primary N) is 1. The second-order valence-electron chi connectivity index (χ2n) is 1.54. The fourth-order valence-electron chi connectivity index (χ4n) is 0.275. The van der Waals surface area contributed by atoms with Gasteiger partial charge in [-0.05, 0) is 0 Å². The van der Waals surface area contributed by atoms with Gasteiger partial charge in [-0.15, -0.1) is 0 Å². The number of hydrogen-bond donors (Lipinski definition) is 3. The van der Waals surface area contributed by atoms with Crippen molar-refractivity contribution in [3.8, 4) is 0 Å². The zero-order chi connectivity index (χ0) is 7.44. The van der Waals surface area contributed by atoms with Gasteiger partial charge in [-0.3, -0.25) is 9.59 Å². The number of aliphatic carboxylic acids is 2. The van der Waals surface area contributed by atoms with E-state index in [0.717, 1.165) is 0 Å². The van der Waals surface area contributed by atoms with Crippen LogP contribution >= 0.6 is 0 Å². The van der Waals surface area contributed by atoms with Gasteiger partial charge in [0.1, 0.15) is 6.04 Å². The number of carbonyl (C=O) groups is 2. The van der Waals surface area contributed by atoms with Gasteiger partial charge in [0.25, 0.3) is 0 Å². The van der Waals surface area contributed by atoms with Gasteiger partial charge >= 0.3 is 11.9 Å². The minimum Gasteiger partial charge on any atom is -0.481 e. The van der Waals surface area contributed by atoms with Gasteiger partial charge in [0.2, 0.25) is 0 Å². The van der Waals surface area contributed by atoms with Gasteiger partial charge in [0.05, 0.1) is 6.42 Å². The maximum Gasteiger partial charge on any atom is 0.321 e. The van der Waals surface area contributed by atoms with E-state index in [4.69, 9.17) is 15.9 Å². The molecule has 1 atom stereocenters. The molecule has 0 heterocycles. The van der Waals surface area contributed by atoms with E-state index >= 15 is 0 Å². The summed E-state index contributed by atoms with van der Waals surface area (Å²) in [4.78, 5) is 19.6. The molecule has 4 N–H and O–H groups in total. The van der Waals surface area contributed by atoms with Crippen LogP contribution in [0.5, 0.6) is 0 Å². The van der Waals surface area contributed by atoms with Gasteiger partial charge in [0.15, 0.2) is 0 Å². The Morgan fingerprint density at radius 3 is 1.90 bits per heavy atom. The average Bonchev–Trinajstić information content (AvgIpc) is 1.63. The zero-order valence-corrected chi connectivity index (χ0v) is 6.36. The predicted octanol–water partition coefficient (Wildman–Crippen LogP) is -1.13. The molecule has 0 saturated heterocycles.